The molecule has 0 radical (unpaired) electrons. The quantitative estimate of drug-likeness (QED) is 0.437. The van der Waals surface area contributed by atoms with Crippen molar-refractivity contribution in [1.29, 1.82) is 0 Å². The van der Waals surface area contributed by atoms with Gasteiger partial charge in [-0.3, -0.25) is 5.43 Å². The van der Waals surface area contributed by atoms with E-state index in [1.54, 1.807) is 13.0 Å². The number of nitrogens with zero attached hydrogens (tertiary/aromatic N) is 1. The van der Waals surface area contributed by atoms with Crippen molar-refractivity contribution in [2.75, 3.05) is 13.2 Å². The van der Waals surface area contributed by atoms with Crippen LogP contribution in [0.2, 0.25) is 10.0 Å². The van der Waals surface area contributed by atoms with Crippen molar-refractivity contribution >= 4 is 46.2 Å². The molecule has 0 aliphatic carbocycles. The average molecular weight is 362 g/mol. The molecule has 0 aromatic heterocycles. The summed E-state index contributed by atoms with van der Waals surface area (Å²) in [6.07, 6.45) is 2.31. The molecule has 0 unspecified atom stereocenters. The number of phenolic OH excluding ortho intramolecular Hbond substituents is 1. The number of hydrazone groups is 1. The Kier molecular flexibility index (Phi) is 6.26. The van der Waals surface area contributed by atoms with E-state index in [0.29, 0.717) is 28.0 Å². The highest BCUT2D eigenvalue weighted by Crippen LogP contribution is 2.31. The van der Waals surface area contributed by atoms with Crippen LogP contribution in [0.3, 0.4) is 0 Å². The number of rotatable bonds is 4. The van der Waals surface area contributed by atoms with E-state index in [0.717, 1.165) is 19.4 Å². The van der Waals surface area contributed by atoms with Crippen molar-refractivity contribution in [2.45, 2.75) is 25.9 Å². The Morgan fingerprint density at radius 1 is 1.50 bits per heavy atom. The van der Waals surface area contributed by atoms with Crippen LogP contribution in [-0.4, -0.2) is 35.2 Å². The lowest BCUT2D eigenvalue weighted by atomic mass is 10.1. The van der Waals surface area contributed by atoms with E-state index in [1.165, 1.54) is 6.07 Å². The Hall–Kier alpha value is -1.08. The molecule has 0 bridgehead atoms. The lowest BCUT2D eigenvalue weighted by molar-refractivity contribution is 0.114. The predicted octanol–water partition coefficient (Wildman–Crippen LogP) is 3.07. The van der Waals surface area contributed by atoms with Crippen LogP contribution in [0.15, 0.2) is 17.2 Å². The molecule has 1 heterocycles. The van der Waals surface area contributed by atoms with Crippen molar-refractivity contribution < 1.29 is 9.84 Å². The van der Waals surface area contributed by atoms with Crippen molar-refractivity contribution in [3.05, 3.63) is 27.7 Å². The summed E-state index contributed by atoms with van der Waals surface area (Å²) >= 11 is 17.0. The molecule has 1 aliphatic rings. The molecule has 2 rings (SSSR count). The minimum atomic E-state index is -0.0626. The molecule has 120 valence electrons. The van der Waals surface area contributed by atoms with Gasteiger partial charge in [0.25, 0.3) is 0 Å². The smallest absolute Gasteiger partial charge is 0.187 e. The van der Waals surface area contributed by atoms with Crippen LogP contribution in [0.25, 0.3) is 0 Å². The zero-order valence-electron chi connectivity index (χ0n) is 12.0. The Labute approximate surface area is 144 Å². The zero-order valence-corrected chi connectivity index (χ0v) is 14.4. The topological polar surface area (TPSA) is 65.9 Å². The highest BCUT2D eigenvalue weighted by molar-refractivity contribution is 7.80. The average Bonchev–Trinajstić information content (AvgIpc) is 2.99. The molecule has 1 aliphatic heterocycles. The first kappa shape index (κ1) is 17.3. The van der Waals surface area contributed by atoms with E-state index in [-0.39, 0.29) is 16.9 Å². The first-order valence-electron chi connectivity index (χ1n) is 6.85. The van der Waals surface area contributed by atoms with Gasteiger partial charge in [-0.05, 0) is 44.1 Å². The molecule has 0 saturated carbocycles. The molecule has 1 fully saturated rings. The lowest BCUT2D eigenvalue weighted by Crippen LogP contribution is -2.37. The van der Waals surface area contributed by atoms with Gasteiger partial charge in [0, 0.05) is 23.7 Å². The first-order valence-corrected chi connectivity index (χ1v) is 8.02. The summed E-state index contributed by atoms with van der Waals surface area (Å²) in [7, 11) is 0. The standard InChI is InChI=1S/C14H17Cl2N3O2S/c1-8(11-5-9(15)6-12(16)13(11)20)18-19-14(22)17-7-10-3-2-4-21-10/h5-6,10,20H,2-4,7H2,1H3,(H2,17,19,22)/b18-8+/t10-/m0/s1. The fraction of sp³-hybridized carbons (Fsp3) is 0.429. The summed E-state index contributed by atoms with van der Waals surface area (Å²) in [6, 6.07) is 3.06. The van der Waals surface area contributed by atoms with Crippen LogP contribution in [0, 0.1) is 0 Å². The fourth-order valence-corrected chi connectivity index (χ4v) is 2.71. The maximum Gasteiger partial charge on any atom is 0.187 e. The van der Waals surface area contributed by atoms with Crippen LogP contribution >= 0.6 is 35.4 Å². The number of nitrogens with one attached hydrogen (secondary N) is 2. The molecular weight excluding hydrogens is 345 g/mol. The second kappa shape index (κ2) is 7.97. The molecule has 3 N–H and O–H groups in total. The third-order valence-electron chi connectivity index (χ3n) is 3.26. The Morgan fingerprint density at radius 2 is 2.27 bits per heavy atom. The van der Waals surface area contributed by atoms with Crippen LogP contribution in [0.5, 0.6) is 5.75 Å². The van der Waals surface area contributed by atoms with Crippen LogP contribution in [-0.2, 0) is 4.74 Å². The van der Waals surface area contributed by atoms with Gasteiger partial charge in [-0.2, -0.15) is 5.10 Å². The maximum absolute atomic E-state index is 9.94. The van der Waals surface area contributed by atoms with Crippen molar-refractivity contribution in [1.82, 2.24) is 10.7 Å². The number of hydrogen-bond donors (Lipinski definition) is 3. The summed E-state index contributed by atoms with van der Waals surface area (Å²) in [4.78, 5) is 0. The number of phenols is 1. The van der Waals surface area contributed by atoms with Gasteiger partial charge < -0.3 is 15.2 Å². The number of aromatic hydroxyl groups is 1. The van der Waals surface area contributed by atoms with E-state index in [9.17, 15) is 5.11 Å². The Bertz CT molecular complexity index is 590. The number of thiocarbonyl (C=S) groups is 1. The lowest BCUT2D eigenvalue weighted by Gasteiger charge is -2.12. The summed E-state index contributed by atoms with van der Waals surface area (Å²) in [5.41, 5.74) is 3.69. The highest BCUT2D eigenvalue weighted by Gasteiger charge is 2.15. The largest absolute Gasteiger partial charge is 0.506 e. The van der Waals surface area contributed by atoms with Gasteiger partial charge in [-0.1, -0.05) is 23.2 Å². The van der Waals surface area contributed by atoms with Gasteiger partial charge in [-0.15, -0.1) is 0 Å². The Morgan fingerprint density at radius 3 is 2.95 bits per heavy atom. The molecule has 1 atom stereocenters. The maximum atomic E-state index is 9.94. The highest BCUT2D eigenvalue weighted by atomic mass is 35.5. The van der Waals surface area contributed by atoms with Crippen molar-refractivity contribution in [3.8, 4) is 5.75 Å². The van der Waals surface area contributed by atoms with Crippen molar-refractivity contribution in [3.63, 3.8) is 0 Å². The first-order chi connectivity index (χ1) is 10.5. The number of ether oxygens (including phenoxy) is 1. The van der Waals surface area contributed by atoms with Gasteiger partial charge in [0.05, 0.1) is 16.8 Å². The number of halogens is 2. The van der Waals surface area contributed by atoms with E-state index in [4.69, 9.17) is 40.2 Å². The van der Waals surface area contributed by atoms with Crippen molar-refractivity contribution in [2.24, 2.45) is 5.10 Å². The van der Waals surface area contributed by atoms with Crippen LogP contribution in [0.1, 0.15) is 25.3 Å². The van der Waals surface area contributed by atoms with E-state index in [1.807, 2.05) is 0 Å². The molecular formula is C14H17Cl2N3O2S. The van der Waals surface area contributed by atoms with Crippen LogP contribution < -0.4 is 10.7 Å². The third kappa shape index (κ3) is 4.71. The molecule has 8 heteroatoms. The number of hydrogen-bond acceptors (Lipinski definition) is 4. The summed E-state index contributed by atoms with van der Waals surface area (Å²) in [5, 5.41) is 18.1. The SMILES string of the molecule is C/C(=N\NC(=S)NC[C@@H]1CCCO1)c1cc(Cl)cc(Cl)c1O. The molecule has 22 heavy (non-hydrogen) atoms. The number of benzene rings is 1. The van der Waals surface area contributed by atoms with E-state index in [2.05, 4.69) is 15.8 Å². The Balaban J connectivity index is 1.93. The summed E-state index contributed by atoms with van der Waals surface area (Å²) in [5.74, 6) is -0.0626. The van der Waals surface area contributed by atoms with E-state index >= 15 is 0 Å². The minimum Gasteiger partial charge on any atom is -0.506 e. The van der Waals surface area contributed by atoms with Gasteiger partial charge in [0.2, 0.25) is 0 Å². The normalized spacial score (nSPS) is 18.3. The molecule has 5 nitrogen and oxygen atoms in total. The fourth-order valence-electron chi connectivity index (χ4n) is 2.09. The van der Waals surface area contributed by atoms with Gasteiger partial charge in [-0.25, -0.2) is 0 Å². The predicted molar refractivity (Wildman–Crippen MR) is 93.0 cm³/mol. The van der Waals surface area contributed by atoms with Gasteiger partial charge >= 0.3 is 0 Å². The second-order valence-electron chi connectivity index (χ2n) is 4.94. The van der Waals surface area contributed by atoms with Crippen LogP contribution in [0.4, 0.5) is 0 Å². The van der Waals surface area contributed by atoms with Gasteiger partial charge in [0.15, 0.2) is 5.11 Å². The molecule has 0 amide bonds. The molecule has 1 saturated heterocycles. The monoisotopic (exact) mass is 361 g/mol. The molecule has 1 aromatic carbocycles. The van der Waals surface area contributed by atoms with Gasteiger partial charge in [0.1, 0.15) is 5.75 Å². The third-order valence-corrected chi connectivity index (χ3v) is 4.00. The summed E-state index contributed by atoms with van der Waals surface area (Å²) in [6.45, 7) is 3.17. The second-order valence-corrected chi connectivity index (χ2v) is 6.19. The molecule has 1 aromatic rings. The minimum absolute atomic E-state index is 0.0626. The summed E-state index contributed by atoms with van der Waals surface area (Å²) < 4.78 is 5.49. The van der Waals surface area contributed by atoms with E-state index < -0.39 is 0 Å². The zero-order chi connectivity index (χ0) is 16.1. The molecule has 0 spiro atoms.